The second-order valence-corrected chi connectivity index (χ2v) is 9.39. The summed E-state index contributed by atoms with van der Waals surface area (Å²) in [7, 11) is -1.84. The molecule has 156 valence electrons. The summed E-state index contributed by atoms with van der Waals surface area (Å²) < 4.78 is 30.1. The van der Waals surface area contributed by atoms with Gasteiger partial charge < -0.3 is 10.1 Å². The Labute approximate surface area is 172 Å². The third-order valence-corrected chi connectivity index (χ3v) is 7.15. The van der Waals surface area contributed by atoms with Crippen LogP contribution in [0.5, 0.6) is 5.75 Å². The largest absolute Gasteiger partial charge is 0.497 e. The van der Waals surface area contributed by atoms with E-state index in [9.17, 15) is 13.2 Å². The van der Waals surface area contributed by atoms with Crippen molar-refractivity contribution in [2.24, 2.45) is 0 Å². The number of carbonyl (C=O) groups excluding carboxylic acids is 1. The van der Waals surface area contributed by atoms with E-state index in [0.717, 1.165) is 37.2 Å². The molecule has 1 saturated heterocycles. The normalized spacial score (nSPS) is 15.8. The maximum atomic E-state index is 12.9. The Morgan fingerprint density at radius 1 is 1.14 bits per heavy atom. The van der Waals surface area contributed by atoms with Crippen molar-refractivity contribution in [3.05, 3.63) is 59.7 Å². The number of hydrogen-bond acceptors (Lipinski definition) is 5. The van der Waals surface area contributed by atoms with Gasteiger partial charge in [-0.3, -0.25) is 9.69 Å². The first-order valence-electron chi connectivity index (χ1n) is 9.94. The number of nitrogens with zero attached hydrogens (tertiary/aromatic N) is 1. The van der Waals surface area contributed by atoms with Gasteiger partial charge in [-0.2, -0.15) is 0 Å². The molecular formula is C22H28N2O4S. The van der Waals surface area contributed by atoms with E-state index in [1.54, 1.807) is 32.2 Å². The van der Waals surface area contributed by atoms with Gasteiger partial charge in [-0.05, 0) is 55.8 Å². The average molecular weight is 417 g/mol. The molecule has 2 aromatic rings. The minimum absolute atomic E-state index is 0.00601. The van der Waals surface area contributed by atoms with Gasteiger partial charge in [-0.25, -0.2) is 8.42 Å². The van der Waals surface area contributed by atoms with Crippen molar-refractivity contribution >= 4 is 15.7 Å². The van der Waals surface area contributed by atoms with E-state index in [0.29, 0.717) is 6.54 Å². The van der Waals surface area contributed by atoms with E-state index in [1.165, 1.54) is 6.07 Å². The minimum Gasteiger partial charge on any atom is -0.497 e. The Hall–Kier alpha value is -2.38. The van der Waals surface area contributed by atoms with Crippen LogP contribution in [-0.4, -0.2) is 51.7 Å². The first-order valence-corrected chi connectivity index (χ1v) is 11.6. The highest BCUT2D eigenvalue weighted by atomic mass is 32.2. The standard InChI is InChI=1S/C22H28N2O4S/c1-3-29(26,27)21-12-5-4-11-19(21)22(25)23-16-20(24-13-6-7-14-24)17-9-8-10-18(15-17)28-2/h4-5,8-12,15,20H,3,6-7,13-14,16H2,1-2H3,(H,23,25). The van der Waals surface area contributed by atoms with E-state index in [4.69, 9.17) is 4.74 Å². The molecule has 1 unspecified atom stereocenters. The Balaban J connectivity index is 1.82. The maximum Gasteiger partial charge on any atom is 0.252 e. The van der Waals surface area contributed by atoms with Crippen LogP contribution in [0, 0.1) is 0 Å². The molecule has 6 nitrogen and oxygen atoms in total. The van der Waals surface area contributed by atoms with Crippen molar-refractivity contribution in [3.8, 4) is 5.75 Å². The molecule has 1 fully saturated rings. The van der Waals surface area contributed by atoms with Crippen molar-refractivity contribution in [3.63, 3.8) is 0 Å². The first-order chi connectivity index (χ1) is 14.0. The summed E-state index contributed by atoms with van der Waals surface area (Å²) in [5.74, 6) is 0.361. The van der Waals surface area contributed by atoms with Gasteiger partial charge in [-0.1, -0.05) is 31.2 Å². The minimum atomic E-state index is -3.48. The van der Waals surface area contributed by atoms with Gasteiger partial charge in [0.1, 0.15) is 5.75 Å². The van der Waals surface area contributed by atoms with Gasteiger partial charge in [0.05, 0.1) is 29.4 Å². The number of ether oxygens (including phenoxy) is 1. The third kappa shape index (κ3) is 4.97. The second kappa shape index (κ2) is 9.41. The lowest BCUT2D eigenvalue weighted by Gasteiger charge is -2.28. The smallest absolute Gasteiger partial charge is 0.252 e. The van der Waals surface area contributed by atoms with Gasteiger partial charge >= 0.3 is 0 Å². The fraction of sp³-hybridized carbons (Fsp3) is 0.409. The van der Waals surface area contributed by atoms with Crippen molar-refractivity contribution < 1.29 is 17.9 Å². The SMILES string of the molecule is CCS(=O)(=O)c1ccccc1C(=O)NCC(c1cccc(OC)c1)N1CCCC1. The van der Waals surface area contributed by atoms with Crippen LogP contribution in [0.4, 0.5) is 0 Å². The Morgan fingerprint density at radius 3 is 2.55 bits per heavy atom. The van der Waals surface area contributed by atoms with Gasteiger partial charge in [0.25, 0.3) is 5.91 Å². The maximum absolute atomic E-state index is 12.9. The predicted octanol–water partition coefficient (Wildman–Crippen LogP) is 3.06. The van der Waals surface area contributed by atoms with Gasteiger partial charge in [-0.15, -0.1) is 0 Å². The summed E-state index contributed by atoms with van der Waals surface area (Å²) in [5.41, 5.74) is 1.26. The van der Waals surface area contributed by atoms with Crippen LogP contribution < -0.4 is 10.1 Å². The second-order valence-electron chi connectivity index (χ2n) is 7.15. The van der Waals surface area contributed by atoms with Gasteiger partial charge in [0.15, 0.2) is 9.84 Å². The Bertz CT molecular complexity index is 953. The molecule has 0 aliphatic carbocycles. The highest BCUT2D eigenvalue weighted by molar-refractivity contribution is 7.91. The van der Waals surface area contributed by atoms with Crippen molar-refractivity contribution in [1.29, 1.82) is 0 Å². The predicted molar refractivity (Wildman–Crippen MR) is 113 cm³/mol. The van der Waals surface area contributed by atoms with Crippen LogP contribution in [0.1, 0.15) is 41.7 Å². The number of methoxy groups -OCH3 is 1. The monoisotopic (exact) mass is 416 g/mol. The van der Waals surface area contributed by atoms with Crippen molar-refractivity contribution in [1.82, 2.24) is 10.2 Å². The molecular weight excluding hydrogens is 388 g/mol. The van der Waals surface area contributed by atoms with Crippen LogP contribution >= 0.6 is 0 Å². The van der Waals surface area contributed by atoms with Crippen molar-refractivity contribution in [2.75, 3.05) is 32.5 Å². The van der Waals surface area contributed by atoms with E-state index in [-0.39, 0.29) is 28.2 Å². The highest BCUT2D eigenvalue weighted by Gasteiger charge is 2.26. The number of benzene rings is 2. The van der Waals surface area contributed by atoms with Crippen LogP contribution in [0.2, 0.25) is 0 Å². The summed E-state index contributed by atoms with van der Waals surface area (Å²) in [6, 6.07) is 14.3. The molecule has 0 bridgehead atoms. The van der Waals surface area contributed by atoms with Crippen LogP contribution in [0.3, 0.4) is 0 Å². The molecule has 0 spiro atoms. The molecule has 2 aromatic carbocycles. The number of nitrogens with one attached hydrogen (secondary N) is 1. The van der Waals surface area contributed by atoms with Crippen LogP contribution in [0.25, 0.3) is 0 Å². The highest BCUT2D eigenvalue weighted by Crippen LogP contribution is 2.27. The molecule has 0 saturated carbocycles. The molecule has 1 N–H and O–H groups in total. The third-order valence-electron chi connectivity index (χ3n) is 5.36. The number of amides is 1. The number of likely N-dealkylation sites (tertiary alicyclic amines) is 1. The Morgan fingerprint density at radius 2 is 1.86 bits per heavy atom. The molecule has 7 heteroatoms. The average Bonchev–Trinajstić information content (AvgIpc) is 3.28. The molecule has 3 rings (SSSR count). The van der Waals surface area contributed by atoms with Gasteiger partial charge in [0, 0.05) is 6.54 Å². The first kappa shape index (κ1) is 21.3. The summed E-state index contributed by atoms with van der Waals surface area (Å²) in [6.07, 6.45) is 2.26. The summed E-state index contributed by atoms with van der Waals surface area (Å²) in [4.78, 5) is 15.3. The summed E-state index contributed by atoms with van der Waals surface area (Å²) >= 11 is 0. The zero-order valence-corrected chi connectivity index (χ0v) is 17.7. The summed E-state index contributed by atoms with van der Waals surface area (Å²) in [6.45, 7) is 3.92. The molecule has 1 aliphatic heterocycles. The number of carbonyl (C=O) groups is 1. The Kier molecular flexibility index (Phi) is 6.92. The molecule has 1 amide bonds. The quantitative estimate of drug-likeness (QED) is 0.716. The number of hydrogen-bond donors (Lipinski definition) is 1. The topological polar surface area (TPSA) is 75.7 Å². The van der Waals surface area contributed by atoms with Crippen LogP contribution in [-0.2, 0) is 9.84 Å². The molecule has 0 radical (unpaired) electrons. The number of sulfone groups is 1. The zero-order chi connectivity index (χ0) is 20.9. The molecule has 1 atom stereocenters. The molecule has 1 aliphatic rings. The lowest BCUT2D eigenvalue weighted by molar-refractivity contribution is 0.0934. The van der Waals surface area contributed by atoms with E-state index in [2.05, 4.69) is 10.2 Å². The lowest BCUT2D eigenvalue weighted by Crippen LogP contribution is -2.37. The molecule has 1 heterocycles. The van der Waals surface area contributed by atoms with E-state index >= 15 is 0 Å². The van der Waals surface area contributed by atoms with E-state index in [1.807, 2.05) is 24.3 Å². The lowest BCUT2D eigenvalue weighted by atomic mass is 10.0. The molecule has 29 heavy (non-hydrogen) atoms. The van der Waals surface area contributed by atoms with E-state index < -0.39 is 9.84 Å². The zero-order valence-electron chi connectivity index (χ0n) is 16.9. The summed E-state index contributed by atoms with van der Waals surface area (Å²) in [5, 5.41) is 2.96. The van der Waals surface area contributed by atoms with Crippen LogP contribution in [0.15, 0.2) is 53.4 Å². The fourth-order valence-electron chi connectivity index (χ4n) is 3.73. The fourth-order valence-corrected chi connectivity index (χ4v) is 4.82. The molecule has 0 aromatic heterocycles. The van der Waals surface area contributed by atoms with Crippen molar-refractivity contribution in [2.45, 2.75) is 30.7 Å². The van der Waals surface area contributed by atoms with Gasteiger partial charge in [0.2, 0.25) is 0 Å². The number of rotatable bonds is 8.